The predicted molar refractivity (Wildman–Crippen MR) is 120 cm³/mol. The molecular formula is C23H28N4O3S. The van der Waals surface area contributed by atoms with Crippen molar-refractivity contribution >= 4 is 21.6 Å². The number of amides is 1. The maximum atomic E-state index is 12.9. The molecule has 31 heavy (non-hydrogen) atoms. The highest BCUT2D eigenvalue weighted by Crippen LogP contribution is 2.24. The topological polar surface area (TPSA) is 102 Å². The molecule has 1 atom stereocenters. The summed E-state index contributed by atoms with van der Waals surface area (Å²) < 4.78 is 28.6. The molecule has 0 radical (unpaired) electrons. The Morgan fingerprint density at radius 2 is 1.87 bits per heavy atom. The Morgan fingerprint density at radius 3 is 2.52 bits per heavy atom. The maximum Gasteiger partial charge on any atom is 0.255 e. The largest absolute Gasteiger partial charge is 0.321 e. The number of nitrogens with zero attached hydrogens (tertiary/aromatic N) is 2. The molecular weight excluding hydrogens is 412 g/mol. The molecule has 0 aromatic heterocycles. The van der Waals surface area contributed by atoms with Crippen molar-refractivity contribution in [1.82, 2.24) is 9.62 Å². The average Bonchev–Trinajstić information content (AvgIpc) is 2.74. The molecule has 1 amide bonds. The second kappa shape index (κ2) is 9.60. The van der Waals surface area contributed by atoms with Crippen molar-refractivity contribution in [2.45, 2.75) is 37.6 Å². The SMILES string of the molecule is Cc1ccccc1C(=O)Nc1ccc(S(=O)(=O)NC(C)C2CCN(C)CC2)cc1C#N. The Hall–Kier alpha value is -2.73. The summed E-state index contributed by atoms with van der Waals surface area (Å²) in [4.78, 5) is 14.8. The number of hydrogen-bond acceptors (Lipinski definition) is 5. The van der Waals surface area contributed by atoms with Crippen LogP contribution < -0.4 is 10.0 Å². The maximum absolute atomic E-state index is 12.9. The van der Waals surface area contributed by atoms with Crippen LogP contribution in [-0.2, 0) is 10.0 Å². The molecule has 7 nitrogen and oxygen atoms in total. The molecule has 1 aliphatic heterocycles. The minimum absolute atomic E-state index is 0.0118. The first-order valence-corrected chi connectivity index (χ1v) is 11.8. The summed E-state index contributed by atoms with van der Waals surface area (Å²) in [7, 11) is -1.72. The molecule has 0 saturated carbocycles. The van der Waals surface area contributed by atoms with Crippen molar-refractivity contribution in [2.75, 3.05) is 25.5 Å². The van der Waals surface area contributed by atoms with Crippen molar-refractivity contribution in [2.24, 2.45) is 5.92 Å². The lowest BCUT2D eigenvalue weighted by Crippen LogP contribution is -2.43. The smallest absolute Gasteiger partial charge is 0.255 e. The lowest BCUT2D eigenvalue weighted by atomic mass is 9.91. The summed E-state index contributed by atoms with van der Waals surface area (Å²) in [6.07, 6.45) is 1.88. The van der Waals surface area contributed by atoms with E-state index in [2.05, 4.69) is 22.0 Å². The van der Waals surface area contributed by atoms with E-state index in [-0.39, 0.29) is 34.0 Å². The Labute approximate surface area is 184 Å². The monoisotopic (exact) mass is 440 g/mol. The van der Waals surface area contributed by atoms with Crippen molar-refractivity contribution in [3.63, 3.8) is 0 Å². The Kier molecular flexibility index (Phi) is 7.11. The molecule has 0 spiro atoms. The summed E-state index contributed by atoms with van der Waals surface area (Å²) in [5.74, 6) is -0.0756. The normalized spacial score (nSPS) is 16.5. The molecule has 1 saturated heterocycles. The third kappa shape index (κ3) is 5.50. The number of carbonyl (C=O) groups excluding carboxylic acids is 1. The molecule has 1 heterocycles. The highest BCUT2D eigenvalue weighted by atomic mass is 32.2. The van der Waals surface area contributed by atoms with E-state index >= 15 is 0 Å². The minimum Gasteiger partial charge on any atom is -0.321 e. The van der Waals surface area contributed by atoms with Gasteiger partial charge in [0.05, 0.1) is 16.1 Å². The van der Waals surface area contributed by atoms with Crippen molar-refractivity contribution in [3.05, 3.63) is 59.2 Å². The number of piperidine rings is 1. The lowest BCUT2D eigenvalue weighted by Gasteiger charge is -2.32. The van der Waals surface area contributed by atoms with Gasteiger partial charge in [-0.05, 0) is 82.6 Å². The number of sulfonamides is 1. The number of aryl methyl sites for hydroxylation is 1. The van der Waals surface area contributed by atoms with Crippen LogP contribution in [0, 0.1) is 24.2 Å². The van der Waals surface area contributed by atoms with Gasteiger partial charge in [0.25, 0.3) is 5.91 Å². The first-order chi connectivity index (χ1) is 14.7. The second-order valence-corrected chi connectivity index (χ2v) is 9.85. The van der Waals surface area contributed by atoms with E-state index in [0.29, 0.717) is 5.56 Å². The van der Waals surface area contributed by atoms with Crippen LogP contribution >= 0.6 is 0 Å². The van der Waals surface area contributed by atoms with Gasteiger partial charge in [0, 0.05) is 11.6 Å². The lowest BCUT2D eigenvalue weighted by molar-refractivity contribution is 0.102. The van der Waals surface area contributed by atoms with Gasteiger partial charge in [0.15, 0.2) is 0 Å². The number of nitriles is 1. The second-order valence-electron chi connectivity index (χ2n) is 8.14. The van der Waals surface area contributed by atoms with Crippen molar-refractivity contribution in [1.29, 1.82) is 5.26 Å². The van der Waals surface area contributed by atoms with Crippen molar-refractivity contribution < 1.29 is 13.2 Å². The third-order valence-electron chi connectivity index (χ3n) is 5.87. The molecule has 2 aromatic rings. The third-order valence-corrected chi connectivity index (χ3v) is 7.43. The fourth-order valence-corrected chi connectivity index (χ4v) is 5.19. The van der Waals surface area contributed by atoms with Gasteiger partial charge < -0.3 is 10.2 Å². The molecule has 1 unspecified atom stereocenters. The molecule has 1 aliphatic rings. The number of hydrogen-bond donors (Lipinski definition) is 2. The summed E-state index contributed by atoms with van der Waals surface area (Å²) in [6, 6.07) is 13.1. The van der Waals surface area contributed by atoms with E-state index in [1.807, 2.05) is 32.0 Å². The molecule has 0 aliphatic carbocycles. The number of rotatable bonds is 6. The van der Waals surface area contributed by atoms with E-state index in [0.717, 1.165) is 31.5 Å². The number of benzene rings is 2. The Bertz CT molecular complexity index is 1100. The van der Waals surface area contributed by atoms with E-state index in [4.69, 9.17) is 0 Å². The predicted octanol–water partition coefficient (Wildman–Crippen LogP) is 3.13. The quantitative estimate of drug-likeness (QED) is 0.718. The number of carbonyl (C=O) groups is 1. The van der Waals surface area contributed by atoms with Crippen LogP contribution in [0.2, 0.25) is 0 Å². The van der Waals surface area contributed by atoms with E-state index in [1.54, 1.807) is 12.1 Å². The standard InChI is InChI=1S/C23H28N4O3S/c1-16-6-4-5-7-21(16)23(28)25-22-9-8-20(14-19(22)15-24)31(29,30)26-17(2)18-10-12-27(3)13-11-18/h4-9,14,17-18,26H,10-13H2,1-3H3,(H,25,28). The van der Waals surface area contributed by atoms with E-state index in [9.17, 15) is 18.5 Å². The van der Waals surface area contributed by atoms with Gasteiger partial charge in [-0.25, -0.2) is 13.1 Å². The number of anilines is 1. The summed E-state index contributed by atoms with van der Waals surface area (Å²) in [6.45, 7) is 5.61. The molecule has 1 fully saturated rings. The zero-order valence-electron chi connectivity index (χ0n) is 18.1. The zero-order valence-corrected chi connectivity index (χ0v) is 18.9. The highest BCUT2D eigenvalue weighted by molar-refractivity contribution is 7.89. The highest BCUT2D eigenvalue weighted by Gasteiger charge is 2.27. The molecule has 0 bridgehead atoms. The van der Waals surface area contributed by atoms with Gasteiger partial charge in [-0.3, -0.25) is 4.79 Å². The van der Waals surface area contributed by atoms with E-state index in [1.165, 1.54) is 18.2 Å². The zero-order chi connectivity index (χ0) is 22.6. The average molecular weight is 441 g/mol. The van der Waals surface area contributed by atoms with E-state index < -0.39 is 10.0 Å². The summed E-state index contributed by atoms with van der Waals surface area (Å²) in [5, 5.41) is 12.2. The van der Waals surface area contributed by atoms with Crippen LogP contribution in [0.4, 0.5) is 5.69 Å². The van der Waals surface area contributed by atoms with Gasteiger partial charge in [0.2, 0.25) is 10.0 Å². The van der Waals surface area contributed by atoms with Crippen LogP contribution in [0.15, 0.2) is 47.4 Å². The van der Waals surface area contributed by atoms with Crippen LogP contribution in [0.5, 0.6) is 0 Å². The van der Waals surface area contributed by atoms with Crippen LogP contribution in [0.25, 0.3) is 0 Å². The van der Waals surface area contributed by atoms with Crippen LogP contribution in [0.1, 0.15) is 41.3 Å². The molecule has 8 heteroatoms. The Balaban J connectivity index is 1.76. The van der Waals surface area contributed by atoms with Gasteiger partial charge in [0.1, 0.15) is 6.07 Å². The molecule has 164 valence electrons. The van der Waals surface area contributed by atoms with Gasteiger partial charge in [-0.2, -0.15) is 5.26 Å². The molecule has 3 rings (SSSR count). The molecule has 2 N–H and O–H groups in total. The van der Waals surface area contributed by atoms with Crippen molar-refractivity contribution in [3.8, 4) is 6.07 Å². The van der Waals surface area contributed by atoms with Gasteiger partial charge in [-0.1, -0.05) is 18.2 Å². The number of likely N-dealkylation sites (tertiary alicyclic amines) is 1. The minimum atomic E-state index is -3.79. The summed E-state index contributed by atoms with van der Waals surface area (Å²) >= 11 is 0. The first kappa shape index (κ1) is 22.9. The summed E-state index contributed by atoms with van der Waals surface area (Å²) in [5.41, 5.74) is 1.68. The van der Waals surface area contributed by atoms with Gasteiger partial charge in [-0.15, -0.1) is 0 Å². The van der Waals surface area contributed by atoms with Crippen LogP contribution in [0.3, 0.4) is 0 Å². The fourth-order valence-electron chi connectivity index (χ4n) is 3.85. The number of nitrogens with one attached hydrogen (secondary N) is 2. The first-order valence-electron chi connectivity index (χ1n) is 10.3. The van der Waals surface area contributed by atoms with Crippen LogP contribution in [-0.4, -0.2) is 45.4 Å². The molecule has 2 aromatic carbocycles. The Morgan fingerprint density at radius 1 is 1.19 bits per heavy atom. The fraction of sp³-hybridized carbons (Fsp3) is 0.391. The van der Waals surface area contributed by atoms with Gasteiger partial charge >= 0.3 is 0 Å².